The third kappa shape index (κ3) is 2.27. The normalized spacial score (nSPS) is 11.0. The van der Waals surface area contributed by atoms with Gasteiger partial charge in [-0.2, -0.15) is 4.68 Å². The summed E-state index contributed by atoms with van der Waals surface area (Å²) >= 11 is 1.29. The topological polar surface area (TPSA) is 69.6 Å². The van der Waals surface area contributed by atoms with Crippen molar-refractivity contribution in [3.8, 4) is 5.69 Å². The van der Waals surface area contributed by atoms with Crippen LogP contribution < -0.4 is 0 Å². The van der Waals surface area contributed by atoms with Gasteiger partial charge >= 0.3 is 0 Å². The molecule has 2 aromatic carbocycles. The molecule has 0 aliphatic carbocycles. The zero-order valence-corrected chi connectivity index (χ0v) is 11.6. The molecule has 0 amide bonds. The number of aromatic nitrogens is 5. The van der Waals surface area contributed by atoms with Gasteiger partial charge in [-0.3, -0.25) is 0 Å². The van der Waals surface area contributed by atoms with Crippen LogP contribution in [-0.4, -0.2) is 25.2 Å². The van der Waals surface area contributed by atoms with Crippen LogP contribution in [0, 0.1) is 0 Å². The van der Waals surface area contributed by atoms with E-state index in [2.05, 4.69) is 20.5 Å². The van der Waals surface area contributed by atoms with E-state index in [0.29, 0.717) is 10.4 Å². The minimum atomic E-state index is 0.517. The molecule has 0 N–H and O–H groups in total. The van der Waals surface area contributed by atoms with E-state index >= 15 is 0 Å². The monoisotopic (exact) mass is 295 g/mol. The van der Waals surface area contributed by atoms with Gasteiger partial charge in [-0.25, -0.2) is 4.98 Å². The molecule has 0 bridgehead atoms. The van der Waals surface area contributed by atoms with E-state index in [4.69, 9.17) is 4.42 Å². The van der Waals surface area contributed by atoms with E-state index in [1.807, 2.05) is 54.6 Å². The summed E-state index contributed by atoms with van der Waals surface area (Å²) in [5, 5.41) is 12.9. The molecule has 0 radical (unpaired) electrons. The van der Waals surface area contributed by atoms with Crippen molar-refractivity contribution < 1.29 is 4.42 Å². The molecule has 0 atom stereocenters. The molecule has 21 heavy (non-hydrogen) atoms. The first-order valence-corrected chi connectivity index (χ1v) is 7.09. The minimum Gasteiger partial charge on any atom is -0.431 e. The Morgan fingerprint density at radius 3 is 2.62 bits per heavy atom. The molecule has 0 fully saturated rings. The summed E-state index contributed by atoms with van der Waals surface area (Å²) in [6.45, 7) is 0. The summed E-state index contributed by atoms with van der Waals surface area (Å²) < 4.78 is 7.33. The third-order valence-electron chi connectivity index (χ3n) is 2.89. The van der Waals surface area contributed by atoms with Crippen LogP contribution in [0.5, 0.6) is 0 Å². The second kappa shape index (κ2) is 5.02. The molecule has 0 saturated heterocycles. The van der Waals surface area contributed by atoms with Crippen LogP contribution in [0.3, 0.4) is 0 Å². The highest BCUT2D eigenvalue weighted by atomic mass is 32.2. The van der Waals surface area contributed by atoms with Crippen LogP contribution in [0.1, 0.15) is 0 Å². The quantitative estimate of drug-likeness (QED) is 0.579. The summed E-state index contributed by atoms with van der Waals surface area (Å²) in [5.41, 5.74) is 2.46. The summed E-state index contributed by atoms with van der Waals surface area (Å²) in [6.07, 6.45) is 0. The van der Waals surface area contributed by atoms with Crippen LogP contribution in [0.25, 0.3) is 16.8 Å². The van der Waals surface area contributed by atoms with Gasteiger partial charge in [0.1, 0.15) is 5.52 Å². The van der Waals surface area contributed by atoms with Crippen molar-refractivity contribution >= 4 is 22.9 Å². The summed E-state index contributed by atoms with van der Waals surface area (Å²) in [4.78, 5) is 4.41. The molecule has 0 spiro atoms. The van der Waals surface area contributed by atoms with Crippen molar-refractivity contribution in [3.63, 3.8) is 0 Å². The molecule has 0 aliphatic heterocycles. The Hall–Kier alpha value is -2.67. The minimum absolute atomic E-state index is 0.517. The first-order chi connectivity index (χ1) is 10.4. The summed E-state index contributed by atoms with van der Waals surface area (Å²) in [6, 6.07) is 17.3. The van der Waals surface area contributed by atoms with Gasteiger partial charge in [0.05, 0.1) is 5.69 Å². The van der Waals surface area contributed by atoms with Gasteiger partial charge in [0.15, 0.2) is 5.58 Å². The molecule has 0 unspecified atom stereocenters. The molecule has 4 aromatic rings. The molecule has 0 aliphatic rings. The Morgan fingerprint density at radius 2 is 1.76 bits per heavy atom. The Bertz CT molecular complexity index is 853. The molecule has 6 nitrogen and oxygen atoms in total. The molecular formula is C14H9N5OS. The first kappa shape index (κ1) is 12.1. The van der Waals surface area contributed by atoms with Crippen molar-refractivity contribution in [2.24, 2.45) is 0 Å². The maximum absolute atomic E-state index is 5.68. The number of nitrogens with zero attached hydrogens (tertiary/aromatic N) is 5. The Kier molecular flexibility index (Phi) is 2.89. The van der Waals surface area contributed by atoms with Crippen molar-refractivity contribution in [1.29, 1.82) is 0 Å². The second-order valence-electron chi connectivity index (χ2n) is 4.26. The average molecular weight is 295 g/mol. The second-order valence-corrected chi connectivity index (χ2v) is 5.18. The maximum Gasteiger partial charge on any atom is 0.264 e. The predicted molar refractivity (Wildman–Crippen MR) is 77.3 cm³/mol. The van der Waals surface area contributed by atoms with Gasteiger partial charge in [0, 0.05) is 11.8 Å². The number of fused-ring (bicyclic) bond motifs is 1. The number of tetrazole rings is 1. The summed E-state index contributed by atoms with van der Waals surface area (Å²) in [7, 11) is 0. The maximum atomic E-state index is 5.68. The highest BCUT2D eigenvalue weighted by molar-refractivity contribution is 7.99. The van der Waals surface area contributed by atoms with E-state index in [0.717, 1.165) is 16.8 Å². The van der Waals surface area contributed by atoms with Crippen molar-refractivity contribution in [1.82, 2.24) is 25.2 Å². The molecule has 2 aromatic heterocycles. The first-order valence-electron chi connectivity index (χ1n) is 6.27. The van der Waals surface area contributed by atoms with Gasteiger partial charge < -0.3 is 4.42 Å². The van der Waals surface area contributed by atoms with Crippen molar-refractivity contribution in [2.45, 2.75) is 10.4 Å². The zero-order valence-electron chi connectivity index (χ0n) is 10.7. The van der Waals surface area contributed by atoms with Gasteiger partial charge in [-0.1, -0.05) is 30.3 Å². The lowest BCUT2D eigenvalue weighted by Gasteiger charge is -2.01. The Morgan fingerprint density at radius 1 is 0.952 bits per heavy atom. The van der Waals surface area contributed by atoms with Crippen LogP contribution in [-0.2, 0) is 0 Å². The predicted octanol–water partition coefficient (Wildman–Crippen LogP) is 2.95. The molecule has 7 heteroatoms. The van der Waals surface area contributed by atoms with Gasteiger partial charge in [-0.15, -0.1) is 5.10 Å². The molecule has 4 rings (SSSR count). The fourth-order valence-corrected chi connectivity index (χ4v) is 2.68. The van der Waals surface area contributed by atoms with E-state index in [1.54, 1.807) is 4.68 Å². The van der Waals surface area contributed by atoms with E-state index in [1.165, 1.54) is 11.8 Å². The van der Waals surface area contributed by atoms with Crippen molar-refractivity contribution in [3.05, 3.63) is 54.6 Å². The van der Waals surface area contributed by atoms with Gasteiger partial charge in [-0.05, 0) is 34.7 Å². The lowest BCUT2D eigenvalue weighted by atomic mass is 10.3. The number of rotatable bonds is 3. The third-order valence-corrected chi connectivity index (χ3v) is 3.68. The standard InChI is InChI=1S/C14H9N5OS/c1-2-6-10(7-3-1)19-13(16-17-18-19)21-14-15-11-8-4-5-9-12(11)20-14/h1-9H. The molecule has 2 heterocycles. The highest BCUT2D eigenvalue weighted by Gasteiger charge is 2.14. The van der Waals surface area contributed by atoms with Gasteiger partial charge in [0.25, 0.3) is 5.22 Å². The van der Waals surface area contributed by atoms with Crippen LogP contribution in [0.2, 0.25) is 0 Å². The van der Waals surface area contributed by atoms with E-state index < -0.39 is 0 Å². The Labute approximate surface area is 123 Å². The average Bonchev–Trinajstić information content (AvgIpc) is 3.14. The van der Waals surface area contributed by atoms with Crippen LogP contribution in [0.4, 0.5) is 0 Å². The smallest absolute Gasteiger partial charge is 0.264 e. The lowest BCUT2D eigenvalue weighted by Crippen LogP contribution is -1.98. The number of benzene rings is 2. The van der Waals surface area contributed by atoms with Crippen LogP contribution in [0.15, 0.2) is 69.4 Å². The number of para-hydroxylation sites is 3. The van der Waals surface area contributed by atoms with Crippen LogP contribution >= 0.6 is 11.8 Å². The van der Waals surface area contributed by atoms with Crippen molar-refractivity contribution in [2.75, 3.05) is 0 Å². The largest absolute Gasteiger partial charge is 0.431 e. The lowest BCUT2D eigenvalue weighted by molar-refractivity contribution is 0.488. The Balaban J connectivity index is 1.70. The molecule has 0 saturated carbocycles. The molecule has 102 valence electrons. The number of hydrogen-bond acceptors (Lipinski definition) is 6. The zero-order chi connectivity index (χ0) is 14.1. The number of hydrogen-bond donors (Lipinski definition) is 0. The fourth-order valence-electron chi connectivity index (χ4n) is 1.95. The van der Waals surface area contributed by atoms with Gasteiger partial charge in [0.2, 0.25) is 5.16 Å². The fraction of sp³-hybridized carbons (Fsp3) is 0. The van der Waals surface area contributed by atoms with E-state index in [-0.39, 0.29) is 0 Å². The highest BCUT2D eigenvalue weighted by Crippen LogP contribution is 2.29. The molecular weight excluding hydrogens is 286 g/mol. The summed E-state index contributed by atoms with van der Waals surface area (Å²) in [5.74, 6) is 0. The number of oxazole rings is 1. The van der Waals surface area contributed by atoms with E-state index in [9.17, 15) is 0 Å². The SMILES string of the molecule is c1ccc(-n2nnnc2Sc2nc3ccccc3o2)cc1.